The van der Waals surface area contributed by atoms with Crippen molar-refractivity contribution in [2.75, 3.05) is 0 Å². The predicted octanol–water partition coefficient (Wildman–Crippen LogP) is 2.55. The van der Waals surface area contributed by atoms with Gasteiger partial charge in [-0.25, -0.2) is 8.42 Å². The minimum absolute atomic E-state index is 0.130. The molecule has 0 saturated heterocycles. The monoisotopic (exact) mass is 307 g/mol. The molecule has 1 amide bonds. The summed E-state index contributed by atoms with van der Waals surface area (Å²) in [5, 5.41) is 3.00. The molecule has 0 bridgehead atoms. The Balaban J connectivity index is 2.28. The van der Waals surface area contributed by atoms with E-state index >= 15 is 0 Å². The van der Waals surface area contributed by atoms with Crippen LogP contribution in [0.3, 0.4) is 0 Å². The maximum Gasteiger partial charge on any atom is 0.261 e. The van der Waals surface area contributed by atoms with Crippen molar-refractivity contribution in [3.63, 3.8) is 0 Å². The molecule has 0 radical (unpaired) electrons. The number of halogens is 2. The molecule has 2 rings (SSSR count). The van der Waals surface area contributed by atoms with Crippen LogP contribution in [0.25, 0.3) is 0 Å². The number of benzene rings is 1. The molecular weight excluding hydrogens is 297 g/mol. The largest absolute Gasteiger partial charge is 0.349 e. The number of nitrogens with one attached hydrogen (secondary N) is 1. The summed E-state index contributed by atoms with van der Waals surface area (Å²) < 4.78 is 22.4. The summed E-state index contributed by atoms with van der Waals surface area (Å²) >= 11 is 5.89. The number of carbonyl (C=O) groups excluding carboxylic acids is 1. The van der Waals surface area contributed by atoms with Gasteiger partial charge in [-0.05, 0) is 37.5 Å². The summed E-state index contributed by atoms with van der Waals surface area (Å²) in [7, 11) is 1.37. The molecule has 0 unspecified atom stereocenters. The number of rotatable bonds is 3. The van der Waals surface area contributed by atoms with Gasteiger partial charge in [-0.1, -0.05) is 11.6 Å². The molecule has 1 aromatic rings. The van der Waals surface area contributed by atoms with Crippen LogP contribution in [0.5, 0.6) is 0 Å². The van der Waals surface area contributed by atoms with E-state index in [1.165, 1.54) is 18.2 Å². The van der Waals surface area contributed by atoms with E-state index in [1.54, 1.807) is 0 Å². The second-order valence-electron chi connectivity index (χ2n) is 4.18. The van der Waals surface area contributed by atoms with Crippen LogP contribution in [0.1, 0.15) is 29.6 Å². The van der Waals surface area contributed by atoms with E-state index in [0.29, 0.717) is 0 Å². The first-order valence-corrected chi connectivity index (χ1v) is 8.12. The lowest BCUT2D eigenvalue weighted by atomic mass is 9.93. The van der Waals surface area contributed by atoms with Gasteiger partial charge in [0.2, 0.25) is 0 Å². The molecule has 1 aliphatic carbocycles. The highest BCUT2D eigenvalue weighted by Crippen LogP contribution is 2.24. The highest BCUT2D eigenvalue weighted by molar-refractivity contribution is 8.13. The molecular formula is C11H11Cl2NO3S. The lowest BCUT2D eigenvalue weighted by molar-refractivity contribution is 0.0917. The average molecular weight is 308 g/mol. The van der Waals surface area contributed by atoms with Gasteiger partial charge in [-0.15, -0.1) is 0 Å². The summed E-state index contributed by atoms with van der Waals surface area (Å²) in [4.78, 5) is 11.8. The van der Waals surface area contributed by atoms with Gasteiger partial charge >= 0.3 is 0 Å². The van der Waals surface area contributed by atoms with Crippen LogP contribution in [0.4, 0.5) is 0 Å². The van der Waals surface area contributed by atoms with Crippen molar-refractivity contribution in [1.82, 2.24) is 5.32 Å². The molecule has 1 aromatic carbocycles. The predicted molar refractivity (Wildman–Crippen MR) is 69.6 cm³/mol. The van der Waals surface area contributed by atoms with Crippen LogP contribution in [0, 0.1) is 0 Å². The van der Waals surface area contributed by atoms with Crippen molar-refractivity contribution in [3.8, 4) is 0 Å². The van der Waals surface area contributed by atoms with Crippen molar-refractivity contribution >= 4 is 37.2 Å². The third-order valence-electron chi connectivity index (χ3n) is 2.90. The van der Waals surface area contributed by atoms with Crippen LogP contribution in [0.2, 0.25) is 5.02 Å². The van der Waals surface area contributed by atoms with Crippen LogP contribution in [-0.4, -0.2) is 20.4 Å². The third kappa shape index (κ3) is 2.96. The Morgan fingerprint density at radius 3 is 2.50 bits per heavy atom. The second kappa shape index (κ2) is 5.07. The van der Waals surface area contributed by atoms with Gasteiger partial charge in [0.1, 0.15) is 0 Å². The molecule has 1 N–H and O–H groups in total. The van der Waals surface area contributed by atoms with Gasteiger partial charge < -0.3 is 5.32 Å². The fourth-order valence-corrected chi connectivity index (χ4v) is 2.63. The SMILES string of the molecule is O=C(NC1CCC1)c1cc(S(=O)(=O)Cl)ccc1Cl. The zero-order valence-corrected chi connectivity index (χ0v) is 11.6. The van der Waals surface area contributed by atoms with E-state index < -0.39 is 9.05 Å². The molecule has 98 valence electrons. The van der Waals surface area contributed by atoms with Gasteiger partial charge in [-0.3, -0.25) is 4.79 Å². The standard InChI is InChI=1S/C11H11Cl2NO3S/c12-10-5-4-8(18(13,16)17)6-9(10)11(15)14-7-2-1-3-7/h4-7H,1-3H2,(H,14,15). The molecule has 18 heavy (non-hydrogen) atoms. The Morgan fingerprint density at radius 2 is 2.00 bits per heavy atom. The first-order valence-electron chi connectivity index (χ1n) is 5.43. The molecule has 0 aliphatic heterocycles. The molecule has 1 fully saturated rings. The van der Waals surface area contributed by atoms with Gasteiger partial charge in [0.25, 0.3) is 15.0 Å². The molecule has 0 spiro atoms. The average Bonchev–Trinajstić information content (AvgIpc) is 2.22. The number of carbonyl (C=O) groups is 1. The van der Waals surface area contributed by atoms with E-state index in [0.717, 1.165) is 19.3 Å². The number of hydrogen-bond acceptors (Lipinski definition) is 3. The van der Waals surface area contributed by atoms with E-state index in [1.807, 2.05) is 0 Å². The molecule has 0 atom stereocenters. The Morgan fingerprint density at radius 1 is 1.33 bits per heavy atom. The zero-order valence-electron chi connectivity index (χ0n) is 9.32. The van der Waals surface area contributed by atoms with Crippen molar-refractivity contribution in [2.24, 2.45) is 0 Å². The Bertz CT molecular complexity index is 582. The van der Waals surface area contributed by atoms with E-state index in [9.17, 15) is 13.2 Å². The molecule has 4 nitrogen and oxygen atoms in total. The smallest absolute Gasteiger partial charge is 0.261 e. The lowest BCUT2D eigenvalue weighted by Crippen LogP contribution is -2.39. The van der Waals surface area contributed by atoms with Crippen LogP contribution in [-0.2, 0) is 9.05 Å². The highest BCUT2D eigenvalue weighted by atomic mass is 35.7. The van der Waals surface area contributed by atoms with Crippen LogP contribution < -0.4 is 5.32 Å². The zero-order chi connectivity index (χ0) is 13.3. The normalized spacial score (nSPS) is 16.1. The van der Waals surface area contributed by atoms with Crippen molar-refractivity contribution < 1.29 is 13.2 Å². The van der Waals surface area contributed by atoms with Crippen LogP contribution in [0.15, 0.2) is 23.1 Å². The molecule has 0 heterocycles. The summed E-state index contributed by atoms with van der Waals surface area (Å²) in [6.45, 7) is 0. The van der Waals surface area contributed by atoms with Gasteiger partial charge in [0.05, 0.1) is 15.5 Å². The quantitative estimate of drug-likeness (QED) is 0.873. The molecule has 0 aromatic heterocycles. The lowest BCUT2D eigenvalue weighted by Gasteiger charge is -2.26. The Hall–Kier alpha value is -0.780. The minimum Gasteiger partial charge on any atom is -0.349 e. The number of amides is 1. The first-order chi connectivity index (χ1) is 8.38. The fourth-order valence-electron chi connectivity index (χ4n) is 1.65. The molecule has 7 heteroatoms. The number of hydrogen-bond donors (Lipinski definition) is 1. The minimum atomic E-state index is -3.86. The van der Waals surface area contributed by atoms with Crippen molar-refractivity contribution in [1.29, 1.82) is 0 Å². The van der Waals surface area contributed by atoms with Gasteiger partial charge in [0.15, 0.2) is 0 Å². The third-order valence-corrected chi connectivity index (χ3v) is 4.59. The van der Waals surface area contributed by atoms with Gasteiger partial charge in [-0.2, -0.15) is 0 Å². The van der Waals surface area contributed by atoms with Crippen molar-refractivity contribution in [3.05, 3.63) is 28.8 Å². The van der Waals surface area contributed by atoms with Crippen LogP contribution >= 0.6 is 22.3 Å². The van der Waals surface area contributed by atoms with E-state index in [-0.39, 0.29) is 27.4 Å². The summed E-state index contributed by atoms with van der Waals surface area (Å²) in [5.41, 5.74) is 0.130. The van der Waals surface area contributed by atoms with Gasteiger partial charge in [0, 0.05) is 16.7 Å². The summed E-state index contributed by atoms with van der Waals surface area (Å²) in [6.07, 6.45) is 2.97. The van der Waals surface area contributed by atoms with E-state index in [2.05, 4.69) is 5.32 Å². The summed E-state index contributed by atoms with van der Waals surface area (Å²) in [5.74, 6) is -0.369. The van der Waals surface area contributed by atoms with E-state index in [4.69, 9.17) is 22.3 Å². The fraction of sp³-hybridized carbons (Fsp3) is 0.364. The maximum atomic E-state index is 11.9. The second-order valence-corrected chi connectivity index (χ2v) is 7.15. The topological polar surface area (TPSA) is 63.2 Å². The highest BCUT2D eigenvalue weighted by Gasteiger charge is 2.22. The Labute approximate surface area is 115 Å². The Kier molecular flexibility index (Phi) is 3.84. The first kappa shape index (κ1) is 13.6. The molecule has 1 saturated carbocycles. The maximum absolute atomic E-state index is 11.9. The molecule has 1 aliphatic rings. The van der Waals surface area contributed by atoms with Crippen molar-refractivity contribution in [2.45, 2.75) is 30.2 Å². The summed E-state index contributed by atoms with van der Waals surface area (Å²) in [6, 6.07) is 3.97.